The summed E-state index contributed by atoms with van der Waals surface area (Å²) in [6.45, 7) is 1.77. The van der Waals surface area contributed by atoms with Gasteiger partial charge < -0.3 is 9.73 Å². The smallest absolute Gasteiger partial charge is 0.134 e. The summed E-state index contributed by atoms with van der Waals surface area (Å²) >= 11 is 1.95. The summed E-state index contributed by atoms with van der Waals surface area (Å²) in [7, 11) is 0. The lowest BCUT2D eigenvalue weighted by atomic mass is 10.2. The van der Waals surface area contributed by atoms with Crippen molar-refractivity contribution in [3.05, 3.63) is 48.0 Å². The predicted octanol–water partition coefficient (Wildman–Crippen LogP) is 4.07. The lowest BCUT2D eigenvalue weighted by molar-refractivity contribution is 0.492. The molecule has 1 aromatic carbocycles. The van der Waals surface area contributed by atoms with Gasteiger partial charge in [-0.3, -0.25) is 0 Å². The minimum absolute atomic E-state index is 0.228. The van der Waals surface area contributed by atoms with Crippen LogP contribution in [0.2, 0.25) is 0 Å². The number of rotatable bonds is 6. The van der Waals surface area contributed by atoms with E-state index in [1.807, 2.05) is 23.9 Å². The maximum absolute atomic E-state index is 12.9. The van der Waals surface area contributed by atoms with Gasteiger partial charge in [-0.15, -0.1) is 0 Å². The fraction of sp³-hybridized carbons (Fsp3) is 0.375. The number of thioether (sulfide) groups is 1. The second-order valence-electron chi connectivity index (χ2n) is 5.26. The Morgan fingerprint density at radius 2 is 1.95 bits per heavy atom. The molecule has 0 atom stereocenters. The number of halogens is 1. The normalized spacial score (nSPS) is 16.3. The molecule has 0 bridgehead atoms. The highest BCUT2D eigenvalue weighted by Gasteiger charge is 2.41. The first-order valence-electron chi connectivity index (χ1n) is 6.81. The molecule has 20 heavy (non-hydrogen) atoms. The zero-order valence-corrected chi connectivity index (χ0v) is 12.3. The number of hydrogen-bond donors (Lipinski definition) is 1. The molecule has 2 nitrogen and oxygen atoms in total. The van der Waals surface area contributed by atoms with Crippen molar-refractivity contribution in [2.75, 3.05) is 12.8 Å². The Bertz CT molecular complexity index is 574. The third-order valence-corrected chi connectivity index (χ3v) is 5.20. The van der Waals surface area contributed by atoms with Gasteiger partial charge in [-0.05, 0) is 55.5 Å². The molecule has 1 N–H and O–H groups in total. The third kappa shape index (κ3) is 3.07. The van der Waals surface area contributed by atoms with Gasteiger partial charge in [-0.1, -0.05) is 0 Å². The first-order chi connectivity index (χ1) is 9.71. The second kappa shape index (κ2) is 5.62. The molecule has 1 aliphatic rings. The number of nitrogens with one attached hydrogen (secondary N) is 1. The van der Waals surface area contributed by atoms with Crippen LogP contribution in [0.3, 0.4) is 0 Å². The van der Waals surface area contributed by atoms with E-state index in [4.69, 9.17) is 4.42 Å². The Hall–Kier alpha value is -1.26. The topological polar surface area (TPSA) is 25.2 Å². The molecule has 0 amide bonds. The van der Waals surface area contributed by atoms with Crippen LogP contribution in [0.5, 0.6) is 0 Å². The largest absolute Gasteiger partial charge is 0.460 e. The van der Waals surface area contributed by atoms with Crippen LogP contribution >= 0.6 is 11.8 Å². The molecule has 0 saturated heterocycles. The van der Waals surface area contributed by atoms with Gasteiger partial charge in [0.15, 0.2) is 0 Å². The maximum atomic E-state index is 12.9. The van der Waals surface area contributed by atoms with Crippen molar-refractivity contribution in [1.82, 2.24) is 5.32 Å². The predicted molar refractivity (Wildman–Crippen MR) is 81.3 cm³/mol. The lowest BCUT2D eigenvalue weighted by Gasteiger charge is -2.11. The van der Waals surface area contributed by atoms with Gasteiger partial charge in [0.25, 0.3) is 0 Å². The van der Waals surface area contributed by atoms with Gasteiger partial charge in [0.1, 0.15) is 17.3 Å². The molecule has 1 saturated carbocycles. The third-order valence-electron chi connectivity index (χ3n) is 3.78. The molecule has 1 aromatic heterocycles. The van der Waals surface area contributed by atoms with Crippen LogP contribution in [0, 0.1) is 5.82 Å². The van der Waals surface area contributed by atoms with E-state index in [1.165, 1.54) is 25.0 Å². The fourth-order valence-corrected chi connectivity index (χ4v) is 3.00. The van der Waals surface area contributed by atoms with E-state index in [0.717, 1.165) is 30.2 Å². The van der Waals surface area contributed by atoms with Crippen molar-refractivity contribution in [3.63, 3.8) is 0 Å². The molecular formula is C16H18FNOS. The Balaban J connectivity index is 1.58. The van der Waals surface area contributed by atoms with Crippen LogP contribution in [-0.2, 0) is 6.54 Å². The van der Waals surface area contributed by atoms with Crippen molar-refractivity contribution in [3.8, 4) is 11.3 Å². The maximum Gasteiger partial charge on any atom is 0.134 e. The number of furan rings is 1. The average molecular weight is 291 g/mol. The summed E-state index contributed by atoms with van der Waals surface area (Å²) in [5.74, 6) is 1.48. The summed E-state index contributed by atoms with van der Waals surface area (Å²) in [5, 5.41) is 3.45. The standard InChI is InChI=1S/C16H18FNOS/c1-20-16(8-9-16)11-18-10-14-6-7-15(19-14)12-2-4-13(17)5-3-12/h2-7,18H,8-11H2,1H3. The van der Waals surface area contributed by atoms with E-state index in [1.54, 1.807) is 12.1 Å². The van der Waals surface area contributed by atoms with E-state index in [2.05, 4.69) is 11.6 Å². The van der Waals surface area contributed by atoms with E-state index < -0.39 is 0 Å². The monoisotopic (exact) mass is 291 g/mol. The van der Waals surface area contributed by atoms with Crippen molar-refractivity contribution in [1.29, 1.82) is 0 Å². The molecule has 4 heteroatoms. The van der Waals surface area contributed by atoms with Gasteiger partial charge in [0.2, 0.25) is 0 Å². The average Bonchev–Trinajstić information content (AvgIpc) is 3.09. The quantitative estimate of drug-likeness (QED) is 0.868. The molecule has 2 aromatic rings. The van der Waals surface area contributed by atoms with Gasteiger partial charge in [0.05, 0.1) is 6.54 Å². The molecule has 1 fully saturated rings. The van der Waals surface area contributed by atoms with Gasteiger partial charge in [-0.2, -0.15) is 11.8 Å². The van der Waals surface area contributed by atoms with E-state index in [9.17, 15) is 4.39 Å². The zero-order valence-electron chi connectivity index (χ0n) is 11.5. The van der Waals surface area contributed by atoms with Crippen LogP contribution in [-0.4, -0.2) is 17.5 Å². The van der Waals surface area contributed by atoms with Crippen LogP contribution in [0.25, 0.3) is 11.3 Å². The van der Waals surface area contributed by atoms with E-state index >= 15 is 0 Å². The molecule has 0 unspecified atom stereocenters. The number of benzene rings is 1. The SMILES string of the molecule is CSC1(CNCc2ccc(-c3ccc(F)cc3)o2)CC1. The first kappa shape index (κ1) is 13.7. The van der Waals surface area contributed by atoms with Crippen molar-refractivity contribution >= 4 is 11.8 Å². The Morgan fingerprint density at radius 3 is 2.60 bits per heavy atom. The highest BCUT2D eigenvalue weighted by molar-refractivity contribution is 8.00. The molecule has 0 aliphatic heterocycles. The molecule has 0 radical (unpaired) electrons. The molecule has 106 valence electrons. The van der Waals surface area contributed by atoms with Crippen LogP contribution < -0.4 is 5.32 Å². The summed E-state index contributed by atoms with van der Waals surface area (Å²) in [5.41, 5.74) is 0.903. The Kier molecular flexibility index (Phi) is 3.85. The van der Waals surface area contributed by atoms with Gasteiger partial charge >= 0.3 is 0 Å². The van der Waals surface area contributed by atoms with Crippen LogP contribution in [0.15, 0.2) is 40.8 Å². The summed E-state index contributed by atoms with van der Waals surface area (Å²) < 4.78 is 19.1. The molecule has 1 heterocycles. The van der Waals surface area contributed by atoms with Gasteiger partial charge in [0, 0.05) is 16.9 Å². The lowest BCUT2D eigenvalue weighted by Crippen LogP contribution is -2.25. The van der Waals surface area contributed by atoms with Crippen LogP contribution in [0.4, 0.5) is 4.39 Å². The summed E-state index contributed by atoms with van der Waals surface area (Å²) in [6.07, 6.45) is 4.79. The van der Waals surface area contributed by atoms with Crippen molar-refractivity contribution in [2.45, 2.75) is 24.1 Å². The Labute approximate surface area is 122 Å². The minimum Gasteiger partial charge on any atom is -0.460 e. The Morgan fingerprint density at radius 1 is 1.20 bits per heavy atom. The first-order valence-corrected chi connectivity index (χ1v) is 8.04. The highest BCUT2D eigenvalue weighted by Crippen LogP contribution is 2.46. The number of hydrogen-bond acceptors (Lipinski definition) is 3. The van der Waals surface area contributed by atoms with Crippen molar-refractivity contribution < 1.29 is 8.81 Å². The van der Waals surface area contributed by atoms with Crippen molar-refractivity contribution in [2.24, 2.45) is 0 Å². The fourth-order valence-electron chi connectivity index (χ4n) is 2.25. The molecular weight excluding hydrogens is 273 g/mol. The minimum atomic E-state index is -0.228. The summed E-state index contributed by atoms with van der Waals surface area (Å²) in [4.78, 5) is 0. The van der Waals surface area contributed by atoms with Crippen LogP contribution in [0.1, 0.15) is 18.6 Å². The zero-order chi connectivity index (χ0) is 14.0. The second-order valence-corrected chi connectivity index (χ2v) is 6.54. The molecule has 0 spiro atoms. The van der Waals surface area contributed by atoms with Gasteiger partial charge in [-0.25, -0.2) is 4.39 Å². The highest BCUT2D eigenvalue weighted by atomic mass is 32.2. The molecule has 1 aliphatic carbocycles. The summed E-state index contributed by atoms with van der Waals surface area (Å²) in [6, 6.07) is 10.3. The van der Waals surface area contributed by atoms with E-state index in [-0.39, 0.29) is 5.82 Å². The van der Waals surface area contributed by atoms with E-state index in [0.29, 0.717) is 4.75 Å². The molecule has 3 rings (SSSR count).